The Morgan fingerprint density at radius 3 is 1.96 bits per heavy atom. The minimum atomic E-state index is 0.929. The molecule has 0 aliphatic rings. The quantitative estimate of drug-likeness (QED) is 0.145. The number of aromatic nitrogens is 4. The topological polar surface area (TPSA) is 43.6 Å². The number of hydrogen-bond acceptors (Lipinski definition) is 3. The predicted octanol–water partition coefficient (Wildman–Crippen LogP) is 11.4. The lowest BCUT2D eigenvalue weighted by molar-refractivity contribution is 1.10. The normalized spacial score (nSPS) is 11.7. The highest BCUT2D eigenvalue weighted by molar-refractivity contribution is 6.20. The molecule has 10 rings (SSSR count). The molecule has 0 atom stereocenters. The van der Waals surface area contributed by atoms with E-state index in [2.05, 4.69) is 162 Å². The molecule has 7 aromatic carbocycles. The van der Waals surface area contributed by atoms with Crippen LogP contribution in [0.25, 0.3) is 94.0 Å². The number of hydrogen-bond donors (Lipinski definition) is 0. The predicted molar refractivity (Wildman–Crippen MR) is 203 cm³/mol. The van der Waals surface area contributed by atoms with Crippen molar-refractivity contribution in [1.29, 1.82) is 0 Å². The van der Waals surface area contributed by atoms with Crippen LogP contribution in [0, 0.1) is 0 Å². The Bertz CT molecular complexity index is 2870. The Balaban J connectivity index is 1.17. The zero-order valence-corrected chi connectivity index (χ0v) is 26.5. The highest BCUT2D eigenvalue weighted by Crippen LogP contribution is 2.40. The van der Waals surface area contributed by atoms with Crippen LogP contribution in [-0.2, 0) is 0 Å². The van der Waals surface area contributed by atoms with Gasteiger partial charge in [0.1, 0.15) is 5.82 Å². The van der Waals surface area contributed by atoms with Gasteiger partial charge in [-0.25, -0.2) is 15.0 Å². The van der Waals surface area contributed by atoms with Crippen LogP contribution in [0.4, 0.5) is 0 Å². The molecule has 0 N–H and O–H groups in total. The van der Waals surface area contributed by atoms with Crippen LogP contribution >= 0.6 is 0 Å². The van der Waals surface area contributed by atoms with Gasteiger partial charge in [0.2, 0.25) is 0 Å². The summed E-state index contributed by atoms with van der Waals surface area (Å²) in [5.74, 6) is 0.929. The fourth-order valence-corrected chi connectivity index (χ4v) is 7.24. The number of rotatable bonds is 4. The van der Waals surface area contributed by atoms with E-state index in [1.807, 2.05) is 12.1 Å². The van der Waals surface area contributed by atoms with Crippen molar-refractivity contribution >= 4 is 54.5 Å². The van der Waals surface area contributed by atoms with Crippen LogP contribution in [0.15, 0.2) is 170 Å². The molecule has 228 valence electrons. The first kappa shape index (κ1) is 27.5. The number of para-hydroxylation sites is 3. The minimum absolute atomic E-state index is 0.929. The van der Waals surface area contributed by atoms with Gasteiger partial charge in [-0.2, -0.15) is 0 Å². The smallest absolute Gasteiger partial charge is 0.145 e. The summed E-state index contributed by atoms with van der Waals surface area (Å²) in [6.45, 7) is 0. The Hall–Kier alpha value is -6.65. The number of pyridine rings is 2. The average molecular weight is 625 g/mol. The Kier molecular flexibility index (Phi) is 6.15. The van der Waals surface area contributed by atoms with Gasteiger partial charge in [0.15, 0.2) is 0 Å². The number of benzene rings is 7. The van der Waals surface area contributed by atoms with Crippen molar-refractivity contribution < 1.29 is 0 Å². The molecule has 4 nitrogen and oxygen atoms in total. The van der Waals surface area contributed by atoms with Crippen LogP contribution in [0.1, 0.15) is 0 Å². The summed E-state index contributed by atoms with van der Waals surface area (Å²) in [6.07, 6.45) is 0. The van der Waals surface area contributed by atoms with Gasteiger partial charge in [-0.05, 0) is 76.5 Å². The van der Waals surface area contributed by atoms with Crippen molar-refractivity contribution in [2.75, 3.05) is 0 Å². The zero-order valence-electron chi connectivity index (χ0n) is 26.5. The number of imidazole rings is 1. The van der Waals surface area contributed by atoms with E-state index >= 15 is 0 Å². The largest absolute Gasteiger partial charge is 0.292 e. The van der Waals surface area contributed by atoms with Crippen molar-refractivity contribution in [3.63, 3.8) is 0 Å². The van der Waals surface area contributed by atoms with Crippen LogP contribution in [-0.4, -0.2) is 19.5 Å². The molecule has 0 unspecified atom stereocenters. The number of nitrogens with zero attached hydrogens (tertiary/aromatic N) is 4. The second-order valence-electron chi connectivity index (χ2n) is 12.5. The molecule has 0 saturated heterocycles. The van der Waals surface area contributed by atoms with E-state index in [1.54, 1.807) is 0 Å². The molecular weight excluding hydrogens is 597 g/mol. The number of fused-ring (bicyclic) bond motifs is 6. The monoisotopic (exact) mass is 624 g/mol. The molecule has 3 aromatic heterocycles. The molecule has 0 aliphatic heterocycles. The molecule has 3 heterocycles. The van der Waals surface area contributed by atoms with E-state index in [0.717, 1.165) is 83.2 Å². The van der Waals surface area contributed by atoms with Crippen LogP contribution in [0.3, 0.4) is 0 Å². The molecule has 0 fully saturated rings. The van der Waals surface area contributed by atoms with E-state index in [0.29, 0.717) is 0 Å². The molecular formula is C45H28N4. The highest BCUT2D eigenvalue weighted by atomic mass is 15.1. The summed E-state index contributed by atoms with van der Waals surface area (Å²) in [6, 6.07) is 59.6. The Labute approximate surface area is 282 Å². The molecule has 0 radical (unpaired) electrons. The van der Waals surface area contributed by atoms with Crippen molar-refractivity contribution in [3.05, 3.63) is 170 Å². The third-order valence-corrected chi connectivity index (χ3v) is 9.57. The lowest BCUT2D eigenvalue weighted by atomic mass is 9.93. The van der Waals surface area contributed by atoms with Crippen molar-refractivity contribution in [3.8, 4) is 39.5 Å². The third kappa shape index (κ3) is 4.49. The summed E-state index contributed by atoms with van der Waals surface area (Å²) in [5.41, 5.74) is 11.4. The Morgan fingerprint density at radius 2 is 1.08 bits per heavy atom. The molecule has 0 aliphatic carbocycles. The fourth-order valence-electron chi connectivity index (χ4n) is 7.24. The van der Waals surface area contributed by atoms with Gasteiger partial charge in [-0.15, -0.1) is 0 Å². The summed E-state index contributed by atoms with van der Waals surface area (Å²) < 4.78 is 2.25. The summed E-state index contributed by atoms with van der Waals surface area (Å²) in [7, 11) is 0. The second-order valence-corrected chi connectivity index (χ2v) is 12.5. The van der Waals surface area contributed by atoms with Crippen molar-refractivity contribution in [2.24, 2.45) is 0 Å². The van der Waals surface area contributed by atoms with Gasteiger partial charge >= 0.3 is 0 Å². The van der Waals surface area contributed by atoms with E-state index < -0.39 is 0 Å². The maximum Gasteiger partial charge on any atom is 0.145 e. The summed E-state index contributed by atoms with van der Waals surface area (Å²) in [5, 5.41) is 5.70. The van der Waals surface area contributed by atoms with Crippen LogP contribution < -0.4 is 0 Å². The molecule has 10 aromatic rings. The van der Waals surface area contributed by atoms with Gasteiger partial charge in [-0.3, -0.25) is 4.57 Å². The molecule has 49 heavy (non-hydrogen) atoms. The third-order valence-electron chi connectivity index (χ3n) is 9.57. The SMILES string of the molecule is c1ccc(-c2nc3ccccc3n2-c2ccc(-c3ccc4nc5ccc6ccccc6c5c(-c5ccc6ccccc6n5)c4c3)cc2)cc1. The van der Waals surface area contributed by atoms with E-state index in [-0.39, 0.29) is 0 Å². The van der Waals surface area contributed by atoms with E-state index in [9.17, 15) is 0 Å². The van der Waals surface area contributed by atoms with E-state index in [4.69, 9.17) is 15.0 Å². The second kappa shape index (κ2) is 11.0. The summed E-state index contributed by atoms with van der Waals surface area (Å²) in [4.78, 5) is 15.4. The zero-order chi connectivity index (χ0) is 32.3. The maximum absolute atomic E-state index is 5.22. The fraction of sp³-hybridized carbons (Fsp3) is 0. The lowest BCUT2D eigenvalue weighted by Crippen LogP contribution is -1.97. The van der Waals surface area contributed by atoms with Gasteiger partial charge in [0.25, 0.3) is 0 Å². The maximum atomic E-state index is 5.22. The minimum Gasteiger partial charge on any atom is -0.292 e. The first-order chi connectivity index (χ1) is 24.3. The summed E-state index contributed by atoms with van der Waals surface area (Å²) >= 11 is 0. The lowest BCUT2D eigenvalue weighted by Gasteiger charge is -2.15. The Morgan fingerprint density at radius 1 is 0.388 bits per heavy atom. The average Bonchev–Trinajstić information content (AvgIpc) is 3.57. The van der Waals surface area contributed by atoms with Gasteiger partial charge in [0, 0.05) is 33.0 Å². The molecule has 0 bridgehead atoms. The van der Waals surface area contributed by atoms with Crippen LogP contribution in [0.2, 0.25) is 0 Å². The van der Waals surface area contributed by atoms with Gasteiger partial charge in [0.05, 0.1) is 33.3 Å². The van der Waals surface area contributed by atoms with Gasteiger partial charge in [-0.1, -0.05) is 115 Å². The first-order valence-electron chi connectivity index (χ1n) is 16.5. The van der Waals surface area contributed by atoms with Crippen molar-refractivity contribution in [2.45, 2.75) is 0 Å². The highest BCUT2D eigenvalue weighted by Gasteiger charge is 2.18. The van der Waals surface area contributed by atoms with Crippen molar-refractivity contribution in [1.82, 2.24) is 19.5 Å². The molecule has 0 saturated carbocycles. The molecule has 4 heteroatoms. The standard InChI is InChI=1S/C45H28N4/c1-2-12-32(13-3-1)45-48-39-16-8-9-17-42(39)49(45)34-23-18-29(19-24-34)33-22-25-38-36(28-33)44(41-27-21-31-11-5-7-15-37(31)46-41)43-35-14-6-4-10-30(35)20-26-40(43)47-38/h1-28H. The first-order valence-corrected chi connectivity index (χ1v) is 16.5. The molecule has 0 amide bonds. The molecule has 0 spiro atoms. The van der Waals surface area contributed by atoms with E-state index in [1.165, 1.54) is 10.8 Å². The van der Waals surface area contributed by atoms with Crippen LogP contribution in [0.5, 0.6) is 0 Å². The van der Waals surface area contributed by atoms with Gasteiger partial charge < -0.3 is 0 Å².